The van der Waals surface area contributed by atoms with Gasteiger partial charge in [-0.15, -0.1) is 0 Å². The maximum atomic E-state index is 11.7. The molecule has 0 saturated heterocycles. The molecule has 1 rings (SSSR count). The molecule has 1 aromatic rings. The van der Waals surface area contributed by atoms with E-state index in [1.807, 2.05) is 13.8 Å². The van der Waals surface area contributed by atoms with Gasteiger partial charge in [0.1, 0.15) is 6.54 Å². The first-order valence-corrected chi connectivity index (χ1v) is 6.17. The SMILES string of the molecule is Cc1sc(=O)n(CC(=O)NC(C)(C)CO)c1C. The zero-order chi connectivity index (χ0) is 13.2. The number of hydrogen-bond acceptors (Lipinski definition) is 4. The number of nitrogens with zero attached hydrogens (tertiary/aromatic N) is 1. The van der Waals surface area contributed by atoms with E-state index in [9.17, 15) is 9.59 Å². The fourth-order valence-corrected chi connectivity index (χ4v) is 2.20. The van der Waals surface area contributed by atoms with Crippen molar-refractivity contribution >= 4 is 17.2 Å². The van der Waals surface area contributed by atoms with E-state index in [1.54, 1.807) is 13.8 Å². The van der Waals surface area contributed by atoms with Crippen LogP contribution in [-0.4, -0.2) is 27.7 Å². The summed E-state index contributed by atoms with van der Waals surface area (Å²) in [5, 5.41) is 11.7. The van der Waals surface area contributed by atoms with Crippen LogP contribution in [0.3, 0.4) is 0 Å². The van der Waals surface area contributed by atoms with Crippen molar-refractivity contribution in [3.05, 3.63) is 20.2 Å². The fraction of sp³-hybridized carbons (Fsp3) is 0.636. The Bertz CT molecular complexity index is 474. The molecule has 0 unspecified atom stereocenters. The average molecular weight is 258 g/mol. The largest absolute Gasteiger partial charge is 0.394 e. The lowest BCUT2D eigenvalue weighted by Gasteiger charge is -2.23. The molecular formula is C11H18N2O3S. The molecule has 0 aromatic carbocycles. The second kappa shape index (κ2) is 5.01. The molecule has 0 bridgehead atoms. The van der Waals surface area contributed by atoms with Crippen LogP contribution >= 0.6 is 11.3 Å². The Morgan fingerprint density at radius 3 is 2.47 bits per heavy atom. The zero-order valence-corrected chi connectivity index (χ0v) is 11.3. The van der Waals surface area contributed by atoms with E-state index in [-0.39, 0.29) is 23.9 Å². The lowest BCUT2D eigenvalue weighted by molar-refractivity contribution is -0.123. The van der Waals surface area contributed by atoms with Gasteiger partial charge in [-0.2, -0.15) is 0 Å². The highest BCUT2D eigenvalue weighted by Gasteiger charge is 2.20. The van der Waals surface area contributed by atoms with Gasteiger partial charge >= 0.3 is 4.87 Å². The topological polar surface area (TPSA) is 71.3 Å². The van der Waals surface area contributed by atoms with Crippen molar-refractivity contribution in [2.45, 2.75) is 39.8 Å². The number of aromatic nitrogens is 1. The summed E-state index contributed by atoms with van der Waals surface area (Å²) in [4.78, 5) is 24.1. The highest BCUT2D eigenvalue weighted by atomic mass is 32.1. The quantitative estimate of drug-likeness (QED) is 0.822. The van der Waals surface area contributed by atoms with E-state index in [1.165, 1.54) is 4.57 Å². The molecule has 96 valence electrons. The standard InChI is InChI=1S/C11H18N2O3S/c1-7-8(2)17-10(16)13(7)5-9(15)12-11(3,4)6-14/h14H,5-6H2,1-4H3,(H,12,15). The summed E-state index contributed by atoms with van der Waals surface area (Å²) in [6, 6.07) is 0. The van der Waals surface area contributed by atoms with Gasteiger partial charge in [-0.05, 0) is 27.7 Å². The van der Waals surface area contributed by atoms with Crippen molar-refractivity contribution in [1.82, 2.24) is 9.88 Å². The first-order valence-electron chi connectivity index (χ1n) is 5.35. The minimum absolute atomic E-state index is 0.00155. The summed E-state index contributed by atoms with van der Waals surface area (Å²) in [7, 11) is 0. The molecule has 1 aromatic heterocycles. The van der Waals surface area contributed by atoms with Crippen molar-refractivity contribution in [2.24, 2.45) is 0 Å². The van der Waals surface area contributed by atoms with Crippen molar-refractivity contribution in [3.8, 4) is 0 Å². The minimum Gasteiger partial charge on any atom is -0.394 e. The number of carbonyl (C=O) groups is 1. The fourth-order valence-electron chi connectivity index (χ4n) is 1.37. The molecular weight excluding hydrogens is 240 g/mol. The van der Waals surface area contributed by atoms with Crippen LogP contribution in [0.15, 0.2) is 4.79 Å². The number of rotatable bonds is 4. The summed E-state index contributed by atoms with van der Waals surface area (Å²) in [5.74, 6) is -0.271. The summed E-state index contributed by atoms with van der Waals surface area (Å²) >= 11 is 1.14. The van der Waals surface area contributed by atoms with Gasteiger partial charge in [0, 0.05) is 10.6 Å². The predicted molar refractivity (Wildman–Crippen MR) is 67.4 cm³/mol. The predicted octanol–water partition coefficient (Wildman–Crippen LogP) is 0.414. The Kier molecular flexibility index (Phi) is 4.11. The Balaban J connectivity index is 2.79. The van der Waals surface area contributed by atoms with Crippen molar-refractivity contribution in [1.29, 1.82) is 0 Å². The number of carbonyl (C=O) groups excluding carboxylic acids is 1. The molecule has 0 aliphatic rings. The van der Waals surface area contributed by atoms with Gasteiger partial charge in [-0.1, -0.05) is 11.3 Å². The van der Waals surface area contributed by atoms with Gasteiger partial charge in [0.15, 0.2) is 0 Å². The van der Waals surface area contributed by atoms with Crippen molar-refractivity contribution in [2.75, 3.05) is 6.61 Å². The minimum atomic E-state index is -0.667. The molecule has 0 saturated carbocycles. The Hall–Kier alpha value is -1.14. The second-order valence-electron chi connectivity index (χ2n) is 4.69. The molecule has 0 aliphatic carbocycles. The lowest BCUT2D eigenvalue weighted by atomic mass is 10.1. The molecule has 0 atom stereocenters. The molecule has 0 radical (unpaired) electrons. The van der Waals surface area contributed by atoms with E-state index in [4.69, 9.17) is 5.11 Å². The zero-order valence-electron chi connectivity index (χ0n) is 10.5. The third-order valence-electron chi connectivity index (χ3n) is 2.55. The summed E-state index contributed by atoms with van der Waals surface area (Å²) < 4.78 is 1.45. The summed E-state index contributed by atoms with van der Waals surface area (Å²) in [6.07, 6.45) is 0. The maximum Gasteiger partial charge on any atom is 0.308 e. The monoisotopic (exact) mass is 258 g/mol. The van der Waals surface area contributed by atoms with Gasteiger partial charge in [0.25, 0.3) is 0 Å². The Labute approximate surface area is 104 Å². The third-order valence-corrected chi connectivity index (χ3v) is 3.55. The second-order valence-corrected chi connectivity index (χ2v) is 5.85. The number of nitrogens with one attached hydrogen (secondary N) is 1. The molecule has 1 heterocycles. The van der Waals surface area contributed by atoms with E-state index in [2.05, 4.69) is 5.32 Å². The number of aliphatic hydroxyl groups is 1. The normalized spacial score (nSPS) is 11.6. The van der Waals surface area contributed by atoms with E-state index in [0.29, 0.717) is 0 Å². The molecule has 2 N–H and O–H groups in total. The number of aliphatic hydroxyl groups excluding tert-OH is 1. The smallest absolute Gasteiger partial charge is 0.308 e. The lowest BCUT2D eigenvalue weighted by Crippen LogP contribution is -2.48. The molecule has 0 fully saturated rings. The van der Waals surface area contributed by atoms with Gasteiger partial charge in [0.05, 0.1) is 12.1 Å². The molecule has 17 heavy (non-hydrogen) atoms. The van der Waals surface area contributed by atoms with Crippen LogP contribution in [0.5, 0.6) is 0 Å². The van der Waals surface area contributed by atoms with Gasteiger partial charge in [-0.25, -0.2) is 0 Å². The number of amides is 1. The molecule has 0 spiro atoms. The van der Waals surface area contributed by atoms with Crippen molar-refractivity contribution < 1.29 is 9.90 Å². The van der Waals surface area contributed by atoms with Gasteiger partial charge < -0.3 is 10.4 Å². The Morgan fingerprint density at radius 2 is 2.06 bits per heavy atom. The first kappa shape index (κ1) is 13.9. The number of hydrogen-bond donors (Lipinski definition) is 2. The highest BCUT2D eigenvalue weighted by molar-refractivity contribution is 7.09. The number of thiazole rings is 1. The molecule has 5 nitrogen and oxygen atoms in total. The average Bonchev–Trinajstić information content (AvgIpc) is 2.44. The molecule has 1 amide bonds. The van der Waals surface area contributed by atoms with Crippen molar-refractivity contribution in [3.63, 3.8) is 0 Å². The van der Waals surface area contributed by atoms with E-state index in [0.717, 1.165) is 21.9 Å². The first-order chi connectivity index (χ1) is 7.76. The number of aryl methyl sites for hydroxylation is 1. The van der Waals surface area contributed by atoms with Crippen LogP contribution in [0.1, 0.15) is 24.4 Å². The summed E-state index contributed by atoms with van der Waals surface area (Å²) in [5.41, 5.74) is 0.150. The van der Waals surface area contributed by atoms with Gasteiger partial charge in [0.2, 0.25) is 5.91 Å². The van der Waals surface area contributed by atoms with E-state index < -0.39 is 5.54 Å². The van der Waals surface area contributed by atoms with Crippen LogP contribution in [-0.2, 0) is 11.3 Å². The maximum absolute atomic E-state index is 11.7. The van der Waals surface area contributed by atoms with Crippen LogP contribution in [0.25, 0.3) is 0 Å². The van der Waals surface area contributed by atoms with E-state index >= 15 is 0 Å². The summed E-state index contributed by atoms with van der Waals surface area (Å²) in [6.45, 7) is 6.97. The van der Waals surface area contributed by atoms with Gasteiger partial charge in [-0.3, -0.25) is 14.2 Å². The third kappa shape index (κ3) is 3.41. The van der Waals surface area contributed by atoms with Crippen LogP contribution < -0.4 is 10.2 Å². The van der Waals surface area contributed by atoms with Crippen LogP contribution in [0.4, 0.5) is 0 Å². The van der Waals surface area contributed by atoms with Crippen LogP contribution in [0, 0.1) is 13.8 Å². The molecule has 0 aliphatic heterocycles. The molecule has 6 heteroatoms. The van der Waals surface area contributed by atoms with Crippen LogP contribution in [0.2, 0.25) is 0 Å². The highest BCUT2D eigenvalue weighted by Crippen LogP contribution is 2.09. The Morgan fingerprint density at radius 1 is 1.47 bits per heavy atom.